The fraction of sp³-hybridized carbons (Fsp3) is 0.200. The van der Waals surface area contributed by atoms with Crippen molar-refractivity contribution in [1.29, 1.82) is 0 Å². The van der Waals surface area contributed by atoms with Crippen molar-refractivity contribution >= 4 is 31.6 Å². The summed E-state index contributed by atoms with van der Waals surface area (Å²) in [6, 6.07) is 12.4. The van der Waals surface area contributed by atoms with Crippen LogP contribution in [0.4, 0.5) is 5.69 Å². The molecule has 0 saturated heterocycles. The van der Waals surface area contributed by atoms with Crippen molar-refractivity contribution in [2.75, 3.05) is 18.0 Å². The van der Waals surface area contributed by atoms with Gasteiger partial charge in [0, 0.05) is 12.6 Å². The number of rotatable bonds is 3. The molecule has 0 saturated carbocycles. The second-order valence-corrected chi connectivity index (χ2v) is 7.47. The molecule has 1 aliphatic rings. The molecule has 0 aromatic heterocycles. The number of para-hydroxylation sites is 1. The van der Waals surface area contributed by atoms with Gasteiger partial charge < -0.3 is 4.74 Å². The minimum Gasteiger partial charge on any atom is -0.496 e. The van der Waals surface area contributed by atoms with Crippen molar-refractivity contribution in [3.63, 3.8) is 0 Å². The highest BCUT2D eigenvalue weighted by Crippen LogP contribution is 2.35. The third kappa shape index (κ3) is 2.42. The molecule has 0 fully saturated rings. The van der Waals surface area contributed by atoms with E-state index in [0.29, 0.717) is 12.3 Å². The van der Waals surface area contributed by atoms with E-state index in [1.807, 2.05) is 24.3 Å². The second kappa shape index (κ2) is 5.35. The van der Waals surface area contributed by atoms with Crippen LogP contribution in [0.15, 0.2) is 51.8 Å². The first-order valence-corrected chi connectivity index (χ1v) is 8.71. The Hall–Kier alpha value is -1.53. The predicted octanol–water partition coefficient (Wildman–Crippen LogP) is 3.21. The van der Waals surface area contributed by atoms with Crippen molar-refractivity contribution < 1.29 is 13.2 Å². The number of methoxy groups -OCH3 is 1. The molecule has 110 valence electrons. The van der Waals surface area contributed by atoms with E-state index in [4.69, 9.17) is 4.74 Å². The van der Waals surface area contributed by atoms with Gasteiger partial charge in [-0.05, 0) is 46.1 Å². The molecule has 0 unspecified atom stereocenters. The summed E-state index contributed by atoms with van der Waals surface area (Å²) in [5.74, 6) is 0.503. The molecule has 1 aliphatic heterocycles. The van der Waals surface area contributed by atoms with Crippen molar-refractivity contribution in [3.05, 3.63) is 52.5 Å². The summed E-state index contributed by atoms with van der Waals surface area (Å²) in [4.78, 5) is 0.235. The highest BCUT2D eigenvalue weighted by Gasteiger charge is 2.30. The zero-order valence-electron chi connectivity index (χ0n) is 11.4. The van der Waals surface area contributed by atoms with E-state index in [0.717, 1.165) is 22.1 Å². The zero-order valence-corrected chi connectivity index (χ0v) is 13.8. The lowest BCUT2D eigenvalue weighted by atomic mass is 10.2. The van der Waals surface area contributed by atoms with Crippen molar-refractivity contribution in [2.45, 2.75) is 11.3 Å². The summed E-state index contributed by atoms with van der Waals surface area (Å²) >= 11 is 3.33. The molecule has 0 spiro atoms. The number of nitrogens with zero attached hydrogens (tertiary/aromatic N) is 1. The first kappa shape index (κ1) is 14.4. The predicted molar refractivity (Wildman–Crippen MR) is 85.4 cm³/mol. The van der Waals surface area contributed by atoms with Crippen molar-refractivity contribution in [1.82, 2.24) is 0 Å². The molecule has 1 heterocycles. The van der Waals surface area contributed by atoms with Gasteiger partial charge in [0.25, 0.3) is 10.0 Å². The van der Waals surface area contributed by atoms with Crippen molar-refractivity contribution in [3.8, 4) is 5.75 Å². The highest BCUT2D eigenvalue weighted by atomic mass is 79.9. The van der Waals surface area contributed by atoms with Gasteiger partial charge >= 0.3 is 0 Å². The Balaban J connectivity index is 2.06. The number of halogens is 1. The summed E-state index contributed by atoms with van der Waals surface area (Å²) in [5.41, 5.74) is 1.82. The number of hydrogen-bond donors (Lipinski definition) is 0. The van der Waals surface area contributed by atoms with Gasteiger partial charge in [-0.25, -0.2) is 8.42 Å². The Morgan fingerprint density at radius 2 is 1.95 bits per heavy atom. The topological polar surface area (TPSA) is 46.6 Å². The molecule has 0 aliphatic carbocycles. The van der Waals surface area contributed by atoms with Gasteiger partial charge in [-0.15, -0.1) is 0 Å². The lowest BCUT2D eigenvalue weighted by Crippen LogP contribution is -2.29. The number of ether oxygens (including phenoxy) is 1. The molecule has 3 rings (SSSR count). The first-order valence-electron chi connectivity index (χ1n) is 6.48. The summed E-state index contributed by atoms with van der Waals surface area (Å²) in [6.45, 7) is 0.472. The van der Waals surface area contributed by atoms with Crippen LogP contribution in [-0.4, -0.2) is 22.1 Å². The van der Waals surface area contributed by atoms with E-state index in [2.05, 4.69) is 15.9 Å². The Bertz CT molecular complexity index is 789. The van der Waals surface area contributed by atoms with Crippen LogP contribution in [0.25, 0.3) is 0 Å². The second-order valence-electron chi connectivity index (χ2n) is 4.75. The molecule has 0 bridgehead atoms. The van der Waals surface area contributed by atoms with Gasteiger partial charge in [-0.2, -0.15) is 0 Å². The Labute approximate surface area is 132 Å². The third-order valence-corrected chi connectivity index (χ3v) is 6.02. The van der Waals surface area contributed by atoms with Gasteiger partial charge in [0.15, 0.2) is 0 Å². The number of hydrogen-bond acceptors (Lipinski definition) is 3. The fourth-order valence-electron chi connectivity index (χ4n) is 2.49. The Morgan fingerprint density at radius 1 is 1.19 bits per heavy atom. The standard InChI is InChI=1S/C15H14BrNO3S/c1-20-15-10-12(6-7-13(15)16)21(18,19)17-9-8-11-4-2-3-5-14(11)17/h2-7,10H,8-9H2,1H3. The van der Waals surface area contributed by atoms with Gasteiger partial charge in [0.1, 0.15) is 5.75 Å². The van der Waals surface area contributed by atoms with Gasteiger partial charge in [0.2, 0.25) is 0 Å². The van der Waals surface area contributed by atoms with Crippen LogP contribution in [0.3, 0.4) is 0 Å². The molecule has 0 atom stereocenters. The quantitative estimate of drug-likeness (QED) is 0.836. The minimum absolute atomic E-state index is 0.235. The lowest BCUT2D eigenvalue weighted by molar-refractivity contribution is 0.410. The van der Waals surface area contributed by atoms with E-state index < -0.39 is 10.0 Å². The molecule has 4 nitrogen and oxygen atoms in total. The molecular formula is C15H14BrNO3S. The molecule has 2 aromatic rings. The summed E-state index contributed by atoms with van der Waals surface area (Å²) in [7, 11) is -2.05. The van der Waals surface area contributed by atoms with Crippen LogP contribution in [0, 0.1) is 0 Å². The van der Waals surface area contributed by atoms with Gasteiger partial charge in [-0.3, -0.25) is 4.31 Å². The van der Waals surface area contributed by atoms with Crippen LogP contribution in [0.5, 0.6) is 5.75 Å². The summed E-state index contributed by atoms with van der Waals surface area (Å²) < 4.78 is 33.0. The van der Waals surface area contributed by atoms with E-state index in [1.54, 1.807) is 18.2 Å². The summed E-state index contributed by atoms with van der Waals surface area (Å²) in [6.07, 6.45) is 0.739. The smallest absolute Gasteiger partial charge is 0.264 e. The monoisotopic (exact) mass is 367 g/mol. The van der Waals surface area contributed by atoms with E-state index in [-0.39, 0.29) is 4.90 Å². The molecule has 2 aromatic carbocycles. The largest absolute Gasteiger partial charge is 0.496 e. The first-order chi connectivity index (χ1) is 10.0. The molecule has 0 N–H and O–H groups in total. The average molecular weight is 368 g/mol. The normalized spacial score (nSPS) is 14.1. The van der Waals surface area contributed by atoms with E-state index in [9.17, 15) is 8.42 Å². The number of benzene rings is 2. The van der Waals surface area contributed by atoms with E-state index >= 15 is 0 Å². The number of sulfonamides is 1. The minimum atomic E-state index is -3.57. The average Bonchev–Trinajstić information content (AvgIpc) is 2.92. The molecule has 6 heteroatoms. The van der Waals surface area contributed by atoms with Crippen LogP contribution in [-0.2, 0) is 16.4 Å². The van der Waals surface area contributed by atoms with Crippen LogP contribution >= 0.6 is 15.9 Å². The Morgan fingerprint density at radius 3 is 2.71 bits per heavy atom. The van der Waals surface area contributed by atoms with Gasteiger partial charge in [-0.1, -0.05) is 18.2 Å². The Kier molecular flexibility index (Phi) is 3.67. The van der Waals surface area contributed by atoms with Crippen molar-refractivity contribution in [2.24, 2.45) is 0 Å². The fourth-order valence-corrected chi connectivity index (χ4v) is 4.41. The molecule has 0 radical (unpaired) electrons. The van der Waals surface area contributed by atoms with Gasteiger partial charge in [0.05, 0.1) is 22.2 Å². The maximum atomic E-state index is 12.8. The summed E-state index contributed by atoms with van der Waals surface area (Å²) in [5, 5.41) is 0. The zero-order chi connectivity index (χ0) is 15.0. The molecule has 0 amide bonds. The SMILES string of the molecule is COc1cc(S(=O)(=O)N2CCc3ccccc32)ccc1Br. The van der Waals surface area contributed by atoms with Crippen LogP contribution in [0.1, 0.15) is 5.56 Å². The maximum Gasteiger partial charge on any atom is 0.264 e. The molecular weight excluding hydrogens is 354 g/mol. The lowest BCUT2D eigenvalue weighted by Gasteiger charge is -2.20. The number of anilines is 1. The number of fused-ring (bicyclic) bond motifs is 1. The van der Waals surface area contributed by atoms with E-state index in [1.165, 1.54) is 11.4 Å². The highest BCUT2D eigenvalue weighted by molar-refractivity contribution is 9.10. The maximum absolute atomic E-state index is 12.8. The van der Waals surface area contributed by atoms with Crippen LogP contribution in [0.2, 0.25) is 0 Å². The molecule has 21 heavy (non-hydrogen) atoms. The van der Waals surface area contributed by atoms with Crippen LogP contribution < -0.4 is 9.04 Å². The third-order valence-electron chi connectivity index (χ3n) is 3.56.